The molecule has 7 heteroatoms. The van der Waals surface area contributed by atoms with Crippen molar-refractivity contribution in [1.29, 1.82) is 0 Å². The highest BCUT2D eigenvalue weighted by molar-refractivity contribution is 6.06. The number of fused-ring (bicyclic) bond motifs is 1. The normalized spacial score (nSPS) is 11.2. The summed E-state index contributed by atoms with van der Waals surface area (Å²) >= 11 is 0. The highest BCUT2D eigenvalue weighted by Gasteiger charge is 2.18. The van der Waals surface area contributed by atoms with E-state index in [9.17, 15) is 4.79 Å². The molecule has 0 fully saturated rings. The van der Waals surface area contributed by atoms with Crippen LogP contribution in [0.1, 0.15) is 38.7 Å². The summed E-state index contributed by atoms with van der Waals surface area (Å²) in [6.07, 6.45) is 0. The third-order valence-electron chi connectivity index (χ3n) is 4.07. The fraction of sp³-hybridized carbons (Fsp3) is 0.375. The van der Waals surface area contributed by atoms with Crippen LogP contribution in [0.5, 0.6) is 0 Å². The van der Waals surface area contributed by atoms with Crippen LogP contribution in [0.2, 0.25) is 0 Å². The van der Waals surface area contributed by atoms with Crippen LogP contribution in [0, 0.1) is 27.7 Å². The molecule has 0 aliphatic heterocycles. The monoisotopic (exact) mass is 313 g/mol. The molecule has 0 radical (unpaired) electrons. The number of aromatic nitrogens is 4. The zero-order valence-electron chi connectivity index (χ0n) is 13.9. The van der Waals surface area contributed by atoms with E-state index in [-0.39, 0.29) is 5.91 Å². The fourth-order valence-electron chi connectivity index (χ4n) is 2.73. The summed E-state index contributed by atoms with van der Waals surface area (Å²) in [5.74, 6) is -0.172. The van der Waals surface area contributed by atoms with Gasteiger partial charge < -0.3 is 9.84 Å². The molecule has 120 valence electrons. The number of nitrogens with one attached hydrogen (secondary N) is 1. The van der Waals surface area contributed by atoms with E-state index in [1.807, 2.05) is 32.5 Å². The molecule has 1 N–H and O–H groups in total. The molecular weight excluding hydrogens is 294 g/mol. The molecule has 0 bridgehead atoms. The summed E-state index contributed by atoms with van der Waals surface area (Å²) in [7, 11) is 1.89. The van der Waals surface area contributed by atoms with Crippen LogP contribution in [0.4, 0.5) is 0 Å². The molecular formula is C16H19N5O2. The molecule has 3 rings (SSSR count). The van der Waals surface area contributed by atoms with Gasteiger partial charge in [-0.1, -0.05) is 5.16 Å². The summed E-state index contributed by atoms with van der Waals surface area (Å²) in [4.78, 5) is 16.9. The third kappa shape index (κ3) is 2.58. The second-order valence-corrected chi connectivity index (χ2v) is 5.71. The number of rotatable bonds is 3. The number of carbonyl (C=O) groups excluding carboxylic acids is 1. The maximum atomic E-state index is 12.6. The zero-order chi connectivity index (χ0) is 16.7. The highest BCUT2D eigenvalue weighted by Crippen LogP contribution is 2.22. The molecule has 0 saturated carbocycles. The maximum Gasteiger partial charge on any atom is 0.258 e. The highest BCUT2D eigenvalue weighted by atomic mass is 16.5. The molecule has 3 aromatic heterocycles. The largest absolute Gasteiger partial charge is 0.348 e. The van der Waals surface area contributed by atoms with Crippen LogP contribution >= 0.6 is 0 Å². The predicted octanol–water partition coefficient (Wildman–Crippen LogP) is 2.12. The lowest BCUT2D eigenvalue weighted by molar-refractivity contribution is 0.0952. The minimum Gasteiger partial charge on any atom is -0.348 e. The zero-order valence-corrected chi connectivity index (χ0v) is 13.9. The summed E-state index contributed by atoms with van der Waals surface area (Å²) in [6, 6.07) is 1.75. The van der Waals surface area contributed by atoms with Crippen LogP contribution in [-0.4, -0.2) is 25.8 Å². The molecule has 0 aromatic carbocycles. The van der Waals surface area contributed by atoms with Crippen molar-refractivity contribution >= 4 is 17.0 Å². The Kier molecular flexibility index (Phi) is 3.63. The summed E-state index contributed by atoms with van der Waals surface area (Å²) in [6.45, 7) is 7.98. The van der Waals surface area contributed by atoms with Gasteiger partial charge in [0.05, 0.1) is 22.3 Å². The Labute approximate surface area is 133 Å². The number of nitrogens with zero attached hydrogens (tertiary/aromatic N) is 4. The maximum absolute atomic E-state index is 12.6. The Bertz CT molecular complexity index is 907. The lowest BCUT2D eigenvalue weighted by Crippen LogP contribution is -2.24. The first-order valence-corrected chi connectivity index (χ1v) is 7.39. The summed E-state index contributed by atoms with van der Waals surface area (Å²) in [5.41, 5.74) is 5.29. The average Bonchev–Trinajstić information content (AvgIpc) is 2.97. The van der Waals surface area contributed by atoms with E-state index in [1.54, 1.807) is 13.0 Å². The minimum absolute atomic E-state index is 0.172. The van der Waals surface area contributed by atoms with Gasteiger partial charge in [-0.25, -0.2) is 4.98 Å². The van der Waals surface area contributed by atoms with Crippen molar-refractivity contribution in [2.75, 3.05) is 0 Å². The number of hydrogen-bond acceptors (Lipinski definition) is 5. The molecule has 0 unspecified atom stereocenters. The van der Waals surface area contributed by atoms with Gasteiger partial charge in [0.15, 0.2) is 0 Å². The van der Waals surface area contributed by atoms with Crippen molar-refractivity contribution in [3.05, 3.63) is 40.0 Å². The smallest absolute Gasteiger partial charge is 0.258 e. The summed E-state index contributed by atoms with van der Waals surface area (Å²) in [5, 5.41) is 11.9. The molecule has 0 spiro atoms. The van der Waals surface area contributed by atoms with Crippen LogP contribution in [0.3, 0.4) is 0 Å². The Morgan fingerprint density at radius 3 is 2.65 bits per heavy atom. The third-order valence-corrected chi connectivity index (χ3v) is 4.07. The first-order chi connectivity index (χ1) is 10.9. The van der Waals surface area contributed by atoms with Gasteiger partial charge in [-0.05, 0) is 33.8 Å². The van der Waals surface area contributed by atoms with Gasteiger partial charge in [-0.15, -0.1) is 0 Å². The van der Waals surface area contributed by atoms with Gasteiger partial charge in [-0.3, -0.25) is 9.48 Å². The molecule has 7 nitrogen and oxygen atoms in total. The molecule has 1 amide bonds. The van der Waals surface area contributed by atoms with Gasteiger partial charge in [0.1, 0.15) is 0 Å². The van der Waals surface area contributed by atoms with E-state index < -0.39 is 0 Å². The van der Waals surface area contributed by atoms with Crippen LogP contribution in [0.25, 0.3) is 11.1 Å². The van der Waals surface area contributed by atoms with Crippen molar-refractivity contribution in [3.63, 3.8) is 0 Å². The number of hydrogen-bond donors (Lipinski definition) is 1. The number of amides is 1. The van der Waals surface area contributed by atoms with Crippen molar-refractivity contribution in [1.82, 2.24) is 25.2 Å². The van der Waals surface area contributed by atoms with Crippen molar-refractivity contribution < 1.29 is 9.32 Å². The number of pyridine rings is 1. The predicted molar refractivity (Wildman–Crippen MR) is 85.1 cm³/mol. The Balaban J connectivity index is 1.91. The van der Waals surface area contributed by atoms with E-state index in [0.29, 0.717) is 34.6 Å². The van der Waals surface area contributed by atoms with Crippen LogP contribution in [-0.2, 0) is 13.6 Å². The van der Waals surface area contributed by atoms with E-state index in [2.05, 4.69) is 20.6 Å². The molecule has 0 saturated heterocycles. The lowest BCUT2D eigenvalue weighted by atomic mass is 10.1. The van der Waals surface area contributed by atoms with Gasteiger partial charge in [0, 0.05) is 30.5 Å². The molecule has 23 heavy (non-hydrogen) atoms. The standard InChI is InChI=1S/C16H19N5O2/c1-8-6-12(14-10(3)20-23-16(14)18-8)15(22)17-7-13-9(2)19-21(5)11(13)4/h6H,7H2,1-5H3,(H,17,22). The van der Waals surface area contributed by atoms with Gasteiger partial charge >= 0.3 is 0 Å². The van der Waals surface area contributed by atoms with Crippen molar-refractivity contribution in [2.24, 2.45) is 7.05 Å². The van der Waals surface area contributed by atoms with Gasteiger partial charge in [0.2, 0.25) is 0 Å². The van der Waals surface area contributed by atoms with Crippen LogP contribution < -0.4 is 5.32 Å². The molecule has 0 aliphatic rings. The Hall–Kier alpha value is -2.70. The first-order valence-electron chi connectivity index (χ1n) is 7.39. The van der Waals surface area contributed by atoms with Crippen LogP contribution in [0.15, 0.2) is 10.6 Å². The second kappa shape index (κ2) is 5.49. The van der Waals surface area contributed by atoms with Gasteiger partial charge in [-0.2, -0.15) is 5.10 Å². The van der Waals surface area contributed by atoms with E-state index >= 15 is 0 Å². The van der Waals surface area contributed by atoms with Crippen molar-refractivity contribution in [3.8, 4) is 0 Å². The number of carbonyl (C=O) groups is 1. The Morgan fingerprint density at radius 2 is 2.00 bits per heavy atom. The first kappa shape index (κ1) is 15.2. The second-order valence-electron chi connectivity index (χ2n) is 5.71. The summed E-state index contributed by atoms with van der Waals surface area (Å²) < 4.78 is 6.99. The van der Waals surface area contributed by atoms with E-state index in [4.69, 9.17) is 4.52 Å². The Morgan fingerprint density at radius 1 is 1.26 bits per heavy atom. The molecule has 0 atom stereocenters. The fourth-order valence-corrected chi connectivity index (χ4v) is 2.73. The van der Waals surface area contributed by atoms with E-state index in [1.165, 1.54) is 0 Å². The quantitative estimate of drug-likeness (QED) is 0.800. The SMILES string of the molecule is Cc1cc(C(=O)NCc2c(C)nn(C)c2C)c2c(C)noc2n1. The molecule has 3 heterocycles. The lowest BCUT2D eigenvalue weighted by Gasteiger charge is -2.07. The van der Waals surface area contributed by atoms with Crippen molar-refractivity contribution in [2.45, 2.75) is 34.2 Å². The average molecular weight is 313 g/mol. The molecule has 3 aromatic rings. The van der Waals surface area contributed by atoms with E-state index in [0.717, 1.165) is 17.0 Å². The number of aryl methyl sites for hydroxylation is 4. The topological polar surface area (TPSA) is 85.8 Å². The minimum atomic E-state index is -0.172. The molecule has 0 aliphatic carbocycles. The van der Waals surface area contributed by atoms with Gasteiger partial charge in [0.25, 0.3) is 11.6 Å².